The molecule has 2 heterocycles. The van der Waals surface area contributed by atoms with Crippen LogP contribution in [0.15, 0.2) is 36.4 Å². The van der Waals surface area contributed by atoms with E-state index in [2.05, 4.69) is 4.72 Å². The van der Waals surface area contributed by atoms with E-state index in [9.17, 15) is 18.0 Å². The number of hydrogen-bond acceptors (Lipinski definition) is 5. The highest BCUT2D eigenvalue weighted by Gasteiger charge is 2.53. The molecule has 0 bridgehead atoms. The summed E-state index contributed by atoms with van der Waals surface area (Å²) in [6, 6.07) is 7.64. The minimum atomic E-state index is -2.89. The van der Waals surface area contributed by atoms with Crippen LogP contribution in [-0.2, 0) is 16.0 Å². The Morgan fingerprint density at radius 1 is 1.26 bits per heavy atom. The number of halogens is 4. The fraction of sp³-hybridized carbons (Fsp3) is 0.480. The topological polar surface area (TPSA) is 41.6 Å². The number of carbonyl (C=O) groups is 1. The van der Waals surface area contributed by atoms with Crippen LogP contribution in [0, 0.1) is 18.6 Å². The molecule has 4 nitrogen and oxygen atoms in total. The first-order valence-electron chi connectivity index (χ1n) is 11.2. The predicted molar refractivity (Wildman–Crippen MR) is 127 cm³/mol. The summed E-state index contributed by atoms with van der Waals surface area (Å²) in [6.07, 6.45) is 1.83. The molecule has 2 fully saturated rings. The Morgan fingerprint density at radius 2 is 2.00 bits per heavy atom. The average molecular weight is 499 g/mol. The third-order valence-corrected chi connectivity index (χ3v) is 6.68. The number of nitrogens with zero attached hydrogens (tertiary/aromatic N) is 1. The third-order valence-electron chi connectivity index (χ3n) is 5.97. The molecule has 2 aliphatic rings. The number of likely N-dealkylation sites (N-methyl/N-ethyl adjacent to an activating group) is 1. The van der Waals surface area contributed by atoms with Gasteiger partial charge in [0, 0.05) is 23.8 Å². The molecule has 3 atom stereocenters. The van der Waals surface area contributed by atoms with Crippen LogP contribution in [0.5, 0.6) is 0 Å². The lowest BCUT2D eigenvalue weighted by Gasteiger charge is -2.26. The van der Waals surface area contributed by atoms with Crippen molar-refractivity contribution in [3.05, 3.63) is 59.2 Å². The fourth-order valence-corrected chi connectivity index (χ4v) is 4.81. The van der Waals surface area contributed by atoms with Crippen LogP contribution in [0.2, 0.25) is 0 Å². The molecule has 0 saturated carbocycles. The van der Waals surface area contributed by atoms with Gasteiger partial charge in [0.1, 0.15) is 24.0 Å². The maximum atomic E-state index is 15.2. The van der Waals surface area contributed by atoms with Gasteiger partial charge >= 0.3 is 0 Å². The van der Waals surface area contributed by atoms with E-state index >= 15 is 4.39 Å². The first kappa shape index (κ1) is 26.7. The van der Waals surface area contributed by atoms with Crippen molar-refractivity contribution in [2.75, 3.05) is 26.0 Å². The van der Waals surface area contributed by atoms with Crippen molar-refractivity contribution in [2.24, 2.45) is 0 Å². The van der Waals surface area contributed by atoms with E-state index in [4.69, 9.17) is 4.74 Å². The SMILES string of the molecule is CCSNC1C(Cc2cccc(-c3cc(C)cc(F)c3)c2F)N(C)CC1(F)F.O=CC1CCO1. The van der Waals surface area contributed by atoms with E-state index in [1.54, 1.807) is 43.1 Å². The quantitative estimate of drug-likeness (QED) is 0.329. The molecule has 2 aliphatic heterocycles. The monoisotopic (exact) mass is 498 g/mol. The van der Waals surface area contributed by atoms with Crippen LogP contribution in [0.3, 0.4) is 0 Å². The number of benzene rings is 2. The number of carbonyl (C=O) groups excluding carboxylic acids is 1. The highest BCUT2D eigenvalue weighted by Crippen LogP contribution is 2.35. The molecule has 0 aliphatic carbocycles. The number of alkyl halides is 2. The van der Waals surface area contributed by atoms with Gasteiger partial charge in [-0.25, -0.2) is 17.6 Å². The molecule has 4 rings (SSSR count). The van der Waals surface area contributed by atoms with Crippen LogP contribution >= 0.6 is 11.9 Å². The van der Waals surface area contributed by atoms with E-state index in [1.807, 2.05) is 6.92 Å². The predicted octanol–water partition coefficient (Wildman–Crippen LogP) is 5.03. The maximum absolute atomic E-state index is 15.2. The normalized spacial score (nSPS) is 23.7. The Bertz CT molecular complexity index is 967. The van der Waals surface area contributed by atoms with Crippen LogP contribution in [0.1, 0.15) is 24.5 Å². The number of aryl methyl sites for hydroxylation is 1. The first-order chi connectivity index (χ1) is 16.2. The maximum Gasteiger partial charge on any atom is 0.277 e. The van der Waals surface area contributed by atoms with Gasteiger partial charge in [-0.3, -0.25) is 9.62 Å². The Balaban J connectivity index is 0.000000469. The summed E-state index contributed by atoms with van der Waals surface area (Å²) >= 11 is 1.24. The lowest BCUT2D eigenvalue weighted by molar-refractivity contribution is -0.129. The van der Waals surface area contributed by atoms with Crippen molar-refractivity contribution >= 4 is 18.2 Å². The van der Waals surface area contributed by atoms with E-state index in [0.29, 0.717) is 22.4 Å². The second kappa shape index (κ2) is 11.7. The van der Waals surface area contributed by atoms with Crippen LogP contribution < -0.4 is 4.72 Å². The summed E-state index contributed by atoms with van der Waals surface area (Å²) in [5.74, 6) is -3.16. The largest absolute Gasteiger partial charge is 0.371 e. The third kappa shape index (κ3) is 6.38. The molecule has 3 unspecified atom stereocenters. The molecular formula is C25H30F4N2O2S. The fourth-order valence-electron chi connectivity index (χ4n) is 4.13. The standard InChI is InChI=1S/C21H24F4N2S.C4H6O2/c1-4-28-26-20-18(27(3)12-21(20,24)25)11-14-6-5-7-17(19(14)23)15-8-13(2)9-16(22)10-15;5-3-4-1-2-6-4/h5-10,18,20,26H,4,11-12H2,1-3H3;3-4H,1-2H2. The number of likely N-dealkylation sites (tertiary alicyclic amines) is 1. The smallest absolute Gasteiger partial charge is 0.277 e. The van der Waals surface area contributed by atoms with E-state index in [1.165, 1.54) is 24.1 Å². The number of rotatable bonds is 7. The van der Waals surface area contributed by atoms with Gasteiger partial charge < -0.3 is 9.53 Å². The van der Waals surface area contributed by atoms with Crippen LogP contribution in [0.25, 0.3) is 11.1 Å². The number of aldehydes is 1. The zero-order valence-electron chi connectivity index (χ0n) is 19.5. The zero-order chi connectivity index (χ0) is 24.9. The highest BCUT2D eigenvalue weighted by atomic mass is 32.2. The second-order valence-corrected chi connectivity index (χ2v) is 9.71. The molecule has 0 amide bonds. The number of hydrogen-bond donors (Lipinski definition) is 1. The molecule has 0 radical (unpaired) electrons. The zero-order valence-corrected chi connectivity index (χ0v) is 20.3. The Hall–Kier alpha value is -1.94. The van der Waals surface area contributed by atoms with Gasteiger partial charge in [-0.05, 0) is 49.2 Å². The lowest BCUT2D eigenvalue weighted by atomic mass is 9.95. The molecule has 2 aromatic carbocycles. The minimum absolute atomic E-state index is 0.0648. The van der Waals surface area contributed by atoms with Gasteiger partial charge in [0.25, 0.3) is 5.92 Å². The second-order valence-electron chi connectivity index (χ2n) is 8.61. The number of nitrogens with one attached hydrogen (secondary N) is 1. The van der Waals surface area contributed by atoms with Crippen molar-refractivity contribution in [3.63, 3.8) is 0 Å². The summed E-state index contributed by atoms with van der Waals surface area (Å²) in [4.78, 5) is 11.2. The minimum Gasteiger partial charge on any atom is -0.371 e. The summed E-state index contributed by atoms with van der Waals surface area (Å²) < 4.78 is 65.4. The van der Waals surface area contributed by atoms with Crippen molar-refractivity contribution in [1.82, 2.24) is 9.62 Å². The van der Waals surface area contributed by atoms with Crippen LogP contribution in [-0.4, -0.2) is 61.2 Å². The number of ether oxygens (including phenoxy) is 1. The summed E-state index contributed by atoms with van der Waals surface area (Å²) in [5, 5.41) is 0. The molecule has 0 aromatic heterocycles. The first-order valence-corrected chi connectivity index (χ1v) is 12.2. The summed E-state index contributed by atoms with van der Waals surface area (Å²) in [6.45, 7) is 4.02. The van der Waals surface area contributed by atoms with Gasteiger partial charge in [-0.1, -0.05) is 43.1 Å². The molecule has 2 saturated heterocycles. The molecule has 9 heteroatoms. The molecule has 0 spiro atoms. The average Bonchev–Trinajstić information content (AvgIpc) is 2.94. The molecular weight excluding hydrogens is 468 g/mol. The lowest BCUT2D eigenvalue weighted by Crippen LogP contribution is -2.46. The van der Waals surface area contributed by atoms with Gasteiger partial charge in [0.15, 0.2) is 0 Å². The Morgan fingerprint density at radius 3 is 2.56 bits per heavy atom. The summed E-state index contributed by atoms with van der Waals surface area (Å²) in [5.41, 5.74) is 1.76. The van der Waals surface area contributed by atoms with Gasteiger partial charge in [-0.2, -0.15) is 0 Å². The van der Waals surface area contributed by atoms with Crippen molar-refractivity contribution in [2.45, 2.75) is 50.8 Å². The van der Waals surface area contributed by atoms with E-state index in [-0.39, 0.29) is 24.6 Å². The van der Waals surface area contributed by atoms with Gasteiger partial charge in [0.05, 0.1) is 19.2 Å². The van der Waals surface area contributed by atoms with Gasteiger partial charge in [-0.15, -0.1) is 0 Å². The van der Waals surface area contributed by atoms with Crippen molar-refractivity contribution in [3.8, 4) is 11.1 Å². The van der Waals surface area contributed by atoms with E-state index < -0.39 is 29.6 Å². The molecule has 34 heavy (non-hydrogen) atoms. The van der Waals surface area contributed by atoms with Crippen LogP contribution in [0.4, 0.5) is 17.6 Å². The Kier molecular flexibility index (Phi) is 9.14. The molecule has 1 N–H and O–H groups in total. The highest BCUT2D eigenvalue weighted by molar-refractivity contribution is 7.97. The van der Waals surface area contributed by atoms with Gasteiger partial charge in [0.2, 0.25) is 0 Å². The summed E-state index contributed by atoms with van der Waals surface area (Å²) in [7, 11) is 1.63. The van der Waals surface area contributed by atoms with E-state index in [0.717, 1.165) is 19.3 Å². The molecule has 186 valence electrons. The molecule has 2 aromatic rings. The Labute approximate surface area is 202 Å². The van der Waals surface area contributed by atoms with Crippen molar-refractivity contribution in [1.29, 1.82) is 0 Å². The van der Waals surface area contributed by atoms with Crippen molar-refractivity contribution < 1.29 is 27.1 Å².